The van der Waals surface area contributed by atoms with Crippen molar-refractivity contribution in [2.75, 3.05) is 25.1 Å². The Morgan fingerprint density at radius 1 is 1.17 bits per heavy atom. The van der Waals surface area contributed by atoms with Crippen LogP contribution in [-0.2, 0) is 30.7 Å². The highest BCUT2D eigenvalue weighted by atomic mass is 35.5. The summed E-state index contributed by atoms with van der Waals surface area (Å²) >= 11 is 6.17. The topological polar surface area (TPSA) is 84.5 Å². The van der Waals surface area contributed by atoms with Crippen molar-refractivity contribution in [2.24, 2.45) is 0 Å². The van der Waals surface area contributed by atoms with Gasteiger partial charge in [-0.15, -0.1) is 6.58 Å². The van der Waals surface area contributed by atoms with E-state index in [1.807, 2.05) is 18.2 Å². The number of hydrogen-bond acceptors (Lipinski definition) is 4. The van der Waals surface area contributed by atoms with Gasteiger partial charge in [-0.1, -0.05) is 41.9 Å². The summed E-state index contributed by atoms with van der Waals surface area (Å²) in [5, 5.41) is 3.56. The molecule has 1 heterocycles. The van der Waals surface area contributed by atoms with E-state index in [-0.39, 0.29) is 18.2 Å². The van der Waals surface area contributed by atoms with Crippen LogP contribution in [0.2, 0.25) is 5.02 Å². The van der Waals surface area contributed by atoms with Crippen molar-refractivity contribution in [3.8, 4) is 0 Å². The minimum Gasteiger partial charge on any atom is -0.381 e. The van der Waals surface area contributed by atoms with Crippen LogP contribution in [0.15, 0.2) is 61.2 Å². The van der Waals surface area contributed by atoms with Gasteiger partial charge in [0.15, 0.2) is 0 Å². The summed E-state index contributed by atoms with van der Waals surface area (Å²) in [5.74, 6) is -0.264. The first kappa shape index (κ1) is 22.5. The predicted molar refractivity (Wildman–Crippen MR) is 119 cm³/mol. The van der Waals surface area contributed by atoms with Crippen molar-refractivity contribution >= 4 is 33.2 Å². The number of carbonyl (C=O) groups excluding carboxylic acids is 1. The molecule has 0 aliphatic carbocycles. The number of anilines is 1. The highest BCUT2D eigenvalue weighted by Crippen LogP contribution is 2.37. The van der Waals surface area contributed by atoms with Gasteiger partial charge in [-0.2, -0.15) is 0 Å². The molecule has 2 N–H and O–H groups in total. The SMILES string of the molecule is C=CCNS(=O)(=O)Cc1ccc(NC(=O)C2(c3cccc(Cl)c3)CCOCC2)cc1. The van der Waals surface area contributed by atoms with Crippen molar-refractivity contribution in [3.63, 3.8) is 0 Å². The van der Waals surface area contributed by atoms with Crippen molar-refractivity contribution in [3.05, 3.63) is 77.3 Å². The molecule has 0 atom stereocenters. The van der Waals surface area contributed by atoms with Crippen LogP contribution in [0.1, 0.15) is 24.0 Å². The number of rotatable bonds is 8. The Bertz CT molecular complexity index is 1000. The molecule has 1 amide bonds. The Morgan fingerprint density at radius 3 is 2.50 bits per heavy atom. The second-order valence-corrected chi connectivity index (χ2v) is 9.50. The van der Waals surface area contributed by atoms with Crippen LogP contribution < -0.4 is 10.0 Å². The fourth-order valence-electron chi connectivity index (χ4n) is 3.54. The summed E-state index contributed by atoms with van der Waals surface area (Å²) in [7, 11) is -3.43. The molecule has 30 heavy (non-hydrogen) atoms. The van der Waals surface area contributed by atoms with Crippen LogP contribution in [0.4, 0.5) is 5.69 Å². The fraction of sp³-hybridized carbons (Fsp3) is 0.318. The maximum absolute atomic E-state index is 13.3. The third-order valence-corrected chi connectivity index (χ3v) is 6.73. The van der Waals surface area contributed by atoms with E-state index in [0.29, 0.717) is 42.3 Å². The van der Waals surface area contributed by atoms with Gasteiger partial charge in [-0.25, -0.2) is 13.1 Å². The largest absolute Gasteiger partial charge is 0.381 e. The summed E-state index contributed by atoms with van der Waals surface area (Å²) in [6.45, 7) is 4.67. The number of hydrogen-bond donors (Lipinski definition) is 2. The molecule has 0 bridgehead atoms. The Labute approximate surface area is 182 Å². The van der Waals surface area contributed by atoms with Crippen LogP contribution >= 0.6 is 11.6 Å². The lowest BCUT2D eigenvalue weighted by Crippen LogP contribution is -2.44. The van der Waals surface area contributed by atoms with Crippen LogP contribution in [0.25, 0.3) is 0 Å². The monoisotopic (exact) mass is 448 g/mol. The number of halogens is 1. The Hall–Kier alpha value is -2.19. The predicted octanol–water partition coefficient (Wildman–Crippen LogP) is 3.63. The molecule has 1 aliphatic rings. The molecule has 3 rings (SSSR count). The summed E-state index contributed by atoms with van der Waals surface area (Å²) < 4.78 is 31.9. The van der Waals surface area contributed by atoms with E-state index in [1.165, 1.54) is 6.08 Å². The van der Waals surface area contributed by atoms with Gasteiger partial charge in [0.1, 0.15) is 0 Å². The van der Waals surface area contributed by atoms with E-state index >= 15 is 0 Å². The lowest BCUT2D eigenvalue weighted by atomic mass is 9.73. The van der Waals surface area contributed by atoms with E-state index < -0.39 is 15.4 Å². The van der Waals surface area contributed by atoms with Gasteiger partial charge in [0.25, 0.3) is 0 Å². The van der Waals surface area contributed by atoms with Crippen molar-refractivity contribution in [2.45, 2.75) is 24.0 Å². The molecule has 0 spiro atoms. The normalized spacial score (nSPS) is 16.0. The molecule has 0 aromatic heterocycles. The molecule has 0 radical (unpaired) electrons. The third kappa shape index (κ3) is 5.49. The van der Waals surface area contributed by atoms with E-state index in [2.05, 4.69) is 16.6 Å². The lowest BCUT2D eigenvalue weighted by Gasteiger charge is -2.36. The van der Waals surface area contributed by atoms with Crippen LogP contribution in [0, 0.1) is 0 Å². The molecular weight excluding hydrogens is 424 g/mol. The van der Waals surface area contributed by atoms with E-state index in [1.54, 1.807) is 30.3 Å². The summed E-state index contributed by atoms with van der Waals surface area (Å²) in [5.41, 5.74) is 1.37. The Balaban J connectivity index is 1.75. The molecule has 2 aromatic carbocycles. The molecule has 6 nitrogen and oxygen atoms in total. The number of ether oxygens (including phenoxy) is 1. The molecule has 1 saturated heterocycles. The first-order chi connectivity index (χ1) is 14.3. The zero-order valence-electron chi connectivity index (χ0n) is 16.6. The summed E-state index contributed by atoms with van der Waals surface area (Å²) in [6.07, 6.45) is 2.61. The summed E-state index contributed by atoms with van der Waals surface area (Å²) in [6, 6.07) is 14.2. The Morgan fingerprint density at radius 2 is 1.87 bits per heavy atom. The number of nitrogens with one attached hydrogen (secondary N) is 2. The molecule has 2 aromatic rings. The molecular formula is C22H25ClN2O4S. The van der Waals surface area contributed by atoms with E-state index in [0.717, 1.165) is 5.56 Å². The molecule has 160 valence electrons. The molecule has 0 unspecified atom stereocenters. The van der Waals surface area contributed by atoms with E-state index in [4.69, 9.17) is 16.3 Å². The van der Waals surface area contributed by atoms with Crippen LogP contribution in [-0.4, -0.2) is 34.1 Å². The van der Waals surface area contributed by atoms with Gasteiger partial charge in [0, 0.05) is 30.5 Å². The smallest absolute Gasteiger partial charge is 0.235 e. The number of sulfonamides is 1. The maximum Gasteiger partial charge on any atom is 0.235 e. The Kier molecular flexibility index (Phi) is 7.31. The van der Waals surface area contributed by atoms with Crippen molar-refractivity contribution in [1.29, 1.82) is 0 Å². The van der Waals surface area contributed by atoms with Gasteiger partial charge in [-0.05, 0) is 48.2 Å². The van der Waals surface area contributed by atoms with Gasteiger partial charge in [0.05, 0.1) is 11.2 Å². The van der Waals surface area contributed by atoms with Crippen molar-refractivity contribution < 1.29 is 17.9 Å². The third-order valence-electron chi connectivity index (χ3n) is 5.17. The van der Waals surface area contributed by atoms with Gasteiger partial charge in [0.2, 0.25) is 15.9 Å². The van der Waals surface area contributed by atoms with Gasteiger partial charge < -0.3 is 10.1 Å². The van der Waals surface area contributed by atoms with Crippen LogP contribution in [0.3, 0.4) is 0 Å². The minimum absolute atomic E-state index is 0.124. The molecule has 0 saturated carbocycles. The lowest BCUT2D eigenvalue weighted by molar-refractivity contribution is -0.125. The first-order valence-electron chi connectivity index (χ1n) is 9.67. The average molecular weight is 449 g/mol. The first-order valence-corrected chi connectivity index (χ1v) is 11.7. The molecule has 1 aliphatic heterocycles. The fourth-order valence-corrected chi connectivity index (χ4v) is 4.84. The van der Waals surface area contributed by atoms with E-state index in [9.17, 15) is 13.2 Å². The molecule has 8 heteroatoms. The van der Waals surface area contributed by atoms with Crippen LogP contribution in [0.5, 0.6) is 0 Å². The van der Waals surface area contributed by atoms with Gasteiger partial charge in [-0.3, -0.25) is 4.79 Å². The quantitative estimate of drug-likeness (QED) is 0.604. The second kappa shape index (κ2) is 9.75. The number of benzene rings is 2. The maximum atomic E-state index is 13.3. The zero-order valence-corrected chi connectivity index (χ0v) is 18.1. The standard InChI is InChI=1S/C22H25ClN2O4S/c1-2-12-24-30(27,28)16-17-6-8-20(9-7-17)25-21(26)22(10-13-29-14-11-22)18-4-3-5-19(23)15-18/h2-9,15,24H,1,10-14,16H2,(H,25,26). The zero-order chi connectivity index (χ0) is 21.6. The highest BCUT2D eigenvalue weighted by Gasteiger charge is 2.41. The van der Waals surface area contributed by atoms with Gasteiger partial charge >= 0.3 is 0 Å². The van der Waals surface area contributed by atoms with Crippen molar-refractivity contribution in [1.82, 2.24) is 4.72 Å². The summed E-state index contributed by atoms with van der Waals surface area (Å²) in [4.78, 5) is 13.3. The average Bonchev–Trinajstić information content (AvgIpc) is 2.74. The number of amides is 1. The minimum atomic E-state index is -3.43. The molecule has 1 fully saturated rings. The number of carbonyl (C=O) groups is 1. The second-order valence-electron chi connectivity index (χ2n) is 7.25. The highest BCUT2D eigenvalue weighted by molar-refractivity contribution is 7.88.